The lowest BCUT2D eigenvalue weighted by Gasteiger charge is -2.20. The second-order valence-corrected chi connectivity index (χ2v) is 29.8. The summed E-state index contributed by atoms with van der Waals surface area (Å²) in [6.07, 6.45) is 36.2. The van der Waals surface area contributed by atoms with Crippen LogP contribution in [0.25, 0.3) is 15.3 Å². The third-order valence-corrected chi connectivity index (χ3v) is 20.2. The molecular weight excluding hydrogens is 637 g/mol. The van der Waals surface area contributed by atoms with E-state index in [4.69, 9.17) is 0 Å². The molecule has 0 atom stereocenters. The Hall–Kier alpha value is -0.426. The van der Waals surface area contributed by atoms with E-state index in [1.54, 1.807) is 37.6 Å². The van der Waals surface area contributed by atoms with Crippen LogP contribution in [0.4, 0.5) is 0 Å². The summed E-state index contributed by atoms with van der Waals surface area (Å²) in [7, 11) is -2.87. The molecule has 0 aromatic carbocycles. The highest BCUT2D eigenvalue weighted by molar-refractivity contribution is 7.34. The minimum atomic E-state index is -1.44. The van der Waals surface area contributed by atoms with E-state index in [1.807, 2.05) is 9.00 Å². The van der Waals surface area contributed by atoms with Gasteiger partial charge in [0.1, 0.15) is 0 Å². The predicted molar refractivity (Wildman–Crippen MR) is 227 cm³/mol. The molecule has 4 heteroatoms. The van der Waals surface area contributed by atoms with Crippen molar-refractivity contribution >= 4 is 53.4 Å². The third-order valence-electron chi connectivity index (χ3n) is 10.3. The van der Waals surface area contributed by atoms with Crippen molar-refractivity contribution in [2.24, 2.45) is 0 Å². The van der Waals surface area contributed by atoms with E-state index in [0.29, 0.717) is 0 Å². The van der Waals surface area contributed by atoms with Crippen LogP contribution in [-0.2, 0) is 12.8 Å². The van der Waals surface area contributed by atoms with Gasteiger partial charge in [-0.15, -0.1) is 22.7 Å². The van der Waals surface area contributed by atoms with Crippen molar-refractivity contribution in [3.63, 3.8) is 0 Å². The molecule has 1 aliphatic rings. The van der Waals surface area contributed by atoms with E-state index in [-0.39, 0.29) is 0 Å². The molecule has 0 unspecified atom stereocenters. The zero-order chi connectivity index (χ0) is 34.3. The van der Waals surface area contributed by atoms with Crippen LogP contribution in [0.15, 0.2) is 6.08 Å². The van der Waals surface area contributed by atoms with E-state index in [9.17, 15) is 0 Å². The Kier molecular flexibility index (Phi) is 18.4. The molecule has 0 fully saturated rings. The highest BCUT2D eigenvalue weighted by Crippen LogP contribution is 2.54. The quantitative estimate of drug-likeness (QED) is 0.0574. The topological polar surface area (TPSA) is 0 Å². The van der Waals surface area contributed by atoms with Gasteiger partial charge in [-0.25, -0.2) is 0 Å². The fourth-order valence-corrected chi connectivity index (χ4v) is 15.5. The molecule has 0 aliphatic heterocycles. The van der Waals surface area contributed by atoms with Crippen molar-refractivity contribution in [1.82, 2.24) is 0 Å². The van der Waals surface area contributed by atoms with Gasteiger partial charge in [0.25, 0.3) is 0 Å². The molecule has 0 N–H and O–H groups in total. The summed E-state index contributed by atoms with van der Waals surface area (Å²) in [5, 5.41) is 0. The summed E-state index contributed by atoms with van der Waals surface area (Å²) in [6, 6.07) is 0. The van der Waals surface area contributed by atoms with Crippen LogP contribution in [0.1, 0.15) is 184 Å². The van der Waals surface area contributed by atoms with Crippen molar-refractivity contribution in [3.05, 3.63) is 28.3 Å². The third kappa shape index (κ3) is 12.4. The number of thiophene rings is 2. The number of unbranched alkanes of at least 4 members (excludes halogenated alkanes) is 19. The lowest BCUT2D eigenvalue weighted by molar-refractivity contribution is 0.556. The van der Waals surface area contributed by atoms with Crippen LogP contribution < -0.4 is 9.00 Å². The summed E-state index contributed by atoms with van der Waals surface area (Å²) in [6.45, 7) is 22.6. The molecule has 1 aliphatic carbocycles. The van der Waals surface area contributed by atoms with Gasteiger partial charge in [0.05, 0.1) is 25.9 Å². The minimum absolute atomic E-state index is 1.21. The Morgan fingerprint density at radius 1 is 0.426 bits per heavy atom. The maximum absolute atomic E-state index is 2.69. The summed E-state index contributed by atoms with van der Waals surface area (Å²) in [4.78, 5) is 3.36. The molecule has 268 valence electrons. The van der Waals surface area contributed by atoms with Crippen LogP contribution in [0, 0.1) is 0 Å². The van der Waals surface area contributed by atoms with Gasteiger partial charge in [-0.3, -0.25) is 0 Å². The van der Waals surface area contributed by atoms with Gasteiger partial charge in [-0.1, -0.05) is 188 Å². The summed E-state index contributed by atoms with van der Waals surface area (Å²) < 4.78 is 3.62. The van der Waals surface area contributed by atoms with Crippen LogP contribution in [-0.4, -0.2) is 16.1 Å². The average molecular weight is 713 g/mol. The van der Waals surface area contributed by atoms with Crippen LogP contribution in [0.5, 0.6) is 0 Å². The Balaban J connectivity index is 1.78. The lowest BCUT2D eigenvalue weighted by Crippen LogP contribution is -2.38. The molecule has 0 bridgehead atoms. The van der Waals surface area contributed by atoms with Gasteiger partial charge < -0.3 is 0 Å². The van der Waals surface area contributed by atoms with E-state index < -0.39 is 16.1 Å². The molecule has 47 heavy (non-hydrogen) atoms. The smallest absolute Gasteiger partial charge is 0.0908 e. The maximum Gasteiger partial charge on any atom is 0.0908 e. The SMILES string of the molecule is CCCC=C1c2c(sc([Si](C)(C)C)c2CCCCCCCCCCCC)-c2sc([Si](C)(C)C)c(CCCCCCCCCCCC)c21. The molecule has 0 amide bonds. The molecular formula is C43H76S2Si2. The van der Waals surface area contributed by atoms with E-state index in [0.717, 1.165) is 0 Å². The van der Waals surface area contributed by atoms with Gasteiger partial charge in [-0.2, -0.15) is 0 Å². The van der Waals surface area contributed by atoms with Crippen LogP contribution in [0.3, 0.4) is 0 Å². The number of allylic oxidation sites excluding steroid dienone is 1. The number of fused-ring (bicyclic) bond motifs is 3. The first-order chi connectivity index (χ1) is 22.6. The molecule has 0 radical (unpaired) electrons. The highest BCUT2D eigenvalue weighted by Gasteiger charge is 2.39. The first-order valence-corrected chi connectivity index (χ1v) is 29.2. The van der Waals surface area contributed by atoms with Crippen molar-refractivity contribution in [2.75, 3.05) is 0 Å². The van der Waals surface area contributed by atoms with E-state index in [1.165, 1.54) is 154 Å². The largest absolute Gasteiger partial charge is 0.143 e. The molecule has 0 saturated carbocycles. The molecule has 0 saturated heterocycles. The molecule has 0 spiro atoms. The normalized spacial score (nSPS) is 13.1. The fraction of sp³-hybridized carbons (Fsp3) is 0.767. The number of hydrogen-bond acceptors (Lipinski definition) is 2. The zero-order valence-corrected chi connectivity index (χ0v) is 36.5. The molecule has 2 aromatic rings. The Labute approximate surface area is 304 Å². The predicted octanol–water partition coefficient (Wildman–Crippen LogP) is 15.0. The first-order valence-electron chi connectivity index (χ1n) is 20.6. The summed E-state index contributed by atoms with van der Waals surface area (Å²) in [5.74, 6) is 0. The Bertz CT molecular complexity index is 1110. The van der Waals surface area contributed by atoms with Gasteiger partial charge in [0, 0.05) is 11.1 Å². The van der Waals surface area contributed by atoms with Crippen molar-refractivity contribution in [3.8, 4) is 9.75 Å². The standard InChI is InChI=1S/C43H76S2Si2/c1-10-13-16-18-20-22-24-26-28-30-33-36-38-35(32-15-12-3)39-37(34-31-29-27-25-23-21-19-17-14-11-2)43(47(7,8)9)45-41(39)40(38)44-42(36)46(4,5)6/h32H,10-31,33-34H2,1-9H3. The van der Waals surface area contributed by atoms with E-state index in [2.05, 4.69) is 88.8 Å². The molecule has 2 aromatic heterocycles. The number of hydrogen-bond donors (Lipinski definition) is 0. The van der Waals surface area contributed by atoms with Gasteiger partial charge >= 0.3 is 0 Å². The van der Waals surface area contributed by atoms with Crippen molar-refractivity contribution in [2.45, 2.75) is 214 Å². The molecule has 0 nitrogen and oxygen atoms in total. The van der Waals surface area contributed by atoms with Gasteiger partial charge in [0.15, 0.2) is 0 Å². The van der Waals surface area contributed by atoms with Gasteiger partial charge in [-0.05, 0) is 57.8 Å². The summed E-state index contributed by atoms with van der Waals surface area (Å²) >= 11 is 4.48. The first kappa shape index (κ1) is 41.0. The molecule has 2 heterocycles. The second-order valence-electron chi connectivity index (χ2n) is 17.0. The fourth-order valence-electron chi connectivity index (χ4n) is 7.70. The maximum atomic E-state index is 2.69. The monoisotopic (exact) mass is 712 g/mol. The Morgan fingerprint density at radius 2 is 0.745 bits per heavy atom. The van der Waals surface area contributed by atoms with Gasteiger partial charge in [0.2, 0.25) is 0 Å². The zero-order valence-electron chi connectivity index (χ0n) is 32.9. The average Bonchev–Trinajstić information content (AvgIpc) is 3.67. The van der Waals surface area contributed by atoms with Crippen molar-refractivity contribution < 1.29 is 0 Å². The number of rotatable bonds is 26. The lowest BCUT2D eigenvalue weighted by atomic mass is 9.94. The second kappa shape index (κ2) is 21.1. The van der Waals surface area contributed by atoms with E-state index >= 15 is 0 Å². The van der Waals surface area contributed by atoms with Crippen LogP contribution in [0.2, 0.25) is 39.3 Å². The Morgan fingerprint density at radius 3 is 1.04 bits per heavy atom. The summed E-state index contributed by atoms with van der Waals surface area (Å²) in [5.41, 5.74) is 8.67. The van der Waals surface area contributed by atoms with Crippen molar-refractivity contribution in [1.29, 1.82) is 0 Å². The highest BCUT2D eigenvalue weighted by atomic mass is 32.1. The molecule has 3 rings (SSSR count). The van der Waals surface area contributed by atoms with Crippen LogP contribution >= 0.6 is 22.7 Å². The minimum Gasteiger partial charge on any atom is -0.143 e.